The maximum absolute atomic E-state index is 14.5. The van der Waals surface area contributed by atoms with Crippen LogP contribution in [-0.2, 0) is 4.79 Å². The molecule has 2 aliphatic carbocycles. The number of rotatable bonds is 6. The predicted octanol–water partition coefficient (Wildman–Crippen LogP) is 5.32. The fraction of sp³-hybridized carbons (Fsp3) is 0.478. The molecule has 8 nitrogen and oxygen atoms in total. The van der Waals surface area contributed by atoms with Crippen LogP contribution in [0.4, 0.5) is 35.1 Å². The topological polar surface area (TPSA) is 111 Å². The third kappa shape index (κ3) is 4.91. The van der Waals surface area contributed by atoms with Gasteiger partial charge in [-0.15, -0.1) is 0 Å². The predicted molar refractivity (Wildman–Crippen MR) is 126 cm³/mol. The lowest BCUT2D eigenvalue weighted by atomic mass is 9.85. The molecule has 1 aromatic carbocycles. The van der Waals surface area contributed by atoms with Crippen molar-refractivity contribution < 1.29 is 22.4 Å². The highest BCUT2D eigenvalue weighted by molar-refractivity contribution is 6.30. The summed E-state index contributed by atoms with van der Waals surface area (Å²) in [7, 11) is 0. The van der Waals surface area contributed by atoms with Crippen LogP contribution < -0.4 is 16.4 Å². The molecule has 3 aromatic rings. The molecule has 0 aliphatic heterocycles. The van der Waals surface area contributed by atoms with Gasteiger partial charge in [0.2, 0.25) is 23.7 Å². The number of nitrogens with two attached hydrogens (primary N) is 1. The Morgan fingerprint density at radius 3 is 2.42 bits per heavy atom. The first kappa shape index (κ1) is 24.5. The van der Waals surface area contributed by atoms with Crippen molar-refractivity contribution in [2.75, 3.05) is 10.6 Å². The van der Waals surface area contributed by atoms with Crippen molar-refractivity contribution in [1.29, 1.82) is 0 Å². The van der Waals surface area contributed by atoms with Crippen LogP contribution in [0.2, 0.25) is 5.02 Å². The number of hydrogen-bond donors (Lipinski definition) is 3. The molecule has 36 heavy (non-hydrogen) atoms. The molecule has 0 unspecified atom stereocenters. The molecule has 2 fully saturated rings. The highest BCUT2D eigenvalue weighted by Gasteiger charge is 2.39. The molecule has 2 heterocycles. The number of primary amides is 1. The van der Waals surface area contributed by atoms with E-state index in [1.807, 2.05) is 0 Å². The van der Waals surface area contributed by atoms with Gasteiger partial charge in [0, 0.05) is 35.9 Å². The molecule has 13 heteroatoms. The average Bonchev–Trinajstić information content (AvgIpc) is 3.34. The van der Waals surface area contributed by atoms with E-state index >= 15 is 0 Å². The monoisotopic (exact) mass is 525 g/mol. The third-order valence-electron chi connectivity index (χ3n) is 6.88. The van der Waals surface area contributed by atoms with E-state index in [1.165, 1.54) is 6.20 Å². The minimum absolute atomic E-state index is 0.0899. The van der Waals surface area contributed by atoms with Crippen molar-refractivity contribution in [1.82, 2.24) is 19.5 Å². The lowest BCUT2D eigenvalue weighted by Crippen LogP contribution is -2.29. The van der Waals surface area contributed by atoms with Crippen molar-refractivity contribution in [2.45, 2.75) is 63.0 Å². The first-order valence-electron chi connectivity index (χ1n) is 11.7. The second kappa shape index (κ2) is 9.38. The molecule has 0 bridgehead atoms. The number of carbonyl (C=O) groups is 1. The Hall–Kier alpha value is -3.15. The number of alkyl halides is 2. The summed E-state index contributed by atoms with van der Waals surface area (Å²) in [4.78, 5) is 24.8. The van der Waals surface area contributed by atoms with Gasteiger partial charge in [-0.25, -0.2) is 27.5 Å². The third-order valence-corrected chi connectivity index (χ3v) is 7.10. The van der Waals surface area contributed by atoms with Gasteiger partial charge in [0.05, 0.1) is 6.20 Å². The summed E-state index contributed by atoms with van der Waals surface area (Å²) in [5, 5.41) is 5.60. The van der Waals surface area contributed by atoms with Gasteiger partial charge in [0.1, 0.15) is 11.2 Å². The van der Waals surface area contributed by atoms with Crippen molar-refractivity contribution >= 4 is 46.3 Å². The Morgan fingerprint density at radius 1 is 1.11 bits per heavy atom. The molecular formula is C23H24ClF4N7O. The van der Waals surface area contributed by atoms with Crippen LogP contribution in [0.1, 0.15) is 51.0 Å². The zero-order chi connectivity index (χ0) is 25.6. The van der Waals surface area contributed by atoms with Crippen LogP contribution in [0.15, 0.2) is 18.3 Å². The van der Waals surface area contributed by atoms with Gasteiger partial charge < -0.3 is 16.4 Å². The SMILES string of the molecule is NC(=O)C1CCC(n2c(Nc3c(F)cc(Cl)cc3F)nc3cnc(N[C@@H]4CCC(F)(F)C4)nc32)CC1. The number of imidazole rings is 1. The van der Waals surface area contributed by atoms with Crippen LogP contribution in [0.5, 0.6) is 0 Å². The Balaban J connectivity index is 1.52. The zero-order valence-electron chi connectivity index (χ0n) is 19.1. The molecular weight excluding hydrogens is 502 g/mol. The molecule has 0 radical (unpaired) electrons. The number of fused-ring (bicyclic) bond motifs is 1. The molecule has 192 valence electrons. The fourth-order valence-corrected chi connectivity index (χ4v) is 5.23. The summed E-state index contributed by atoms with van der Waals surface area (Å²) in [6, 6.07) is 1.29. The first-order chi connectivity index (χ1) is 17.1. The van der Waals surface area contributed by atoms with Gasteiger partial charge >= 0.3 is 0 Å². The van der Waals surface area contributed by atoms with Gasteiger partial charge in [0.15, 0.2) is 17.3 Å². The molecule has 5 rings (SSSR count). The zero-order valence-corrected chi connectivity index (χ0v) is 19.8. The molecule has 1 amide bonds. The van der Waals surface area contributed by atoms with Crippen LogP contribution in [-0.4, -0.2) is 37.4 Å². The van der Waals surface area contributed by atoms with E-state index in [9.17, 15) is 22.4 Å². The molecule has 0 saturated heterocycles. The van der Waals surface area contributed by atoms with E-state index in [1.54, 1.807) is 4.57 Å². The highest BCUT2D eigenvalue weighted by Crippen LogP contribution is 2.39. The van der Waals surface area contributed by atoms with E-state index in [0.717, 1.165) is 12.1 Å². The number of hydrogen-bond acceptors (Lipinski definition) is 6. The summed E-state index contributed by atoms with van der Waals surface area (Å²) >= 11 is 5.75. The van der Waals surface area contributed by atoms with Crippen molar-refractivity contribution in [3.05, 3.63) is 35.0 Å². The Morgan fingerprint density at radius 2 is 1.81 bits per heavy atom. The molecule has 2 aromatic heterocycles. The molecule has 2 aliphatic rings. The molecule has 1 atom stereocenters. The molecule has 4 N–H and O–H groups in total. The smallest absolute Gasteiger partial charge is 0.250 e. The van der Waals surface area contributed by atoms with Crippen molar-refractivity contribution in [3.63, 3.8) is 0 Å². The van der Waals surface area contributed by atoms with Crippen LogP contribution >= 0.6 is 11.6 Å². The summed E-state index contributed by atoms with van der Waals surface area (Å²) in [5.41, 5.74) is 5.77. The Bertz CT molecular complexity index is 1290. The van der Waals surface area contributed by atoms with E-state index < -0.39 is 29.3 Å². The average molecular weight is 526 g/mol. The number of carbonyl (C=O) groups excluding carboxylic acids is 1. The second-order valence-electron chi connectivity index (χ2n) is 9.43. The number of aromatic nitrogens is 4. The molecule has 2 saturated carbocycles. The van der Waals surface area contributed by atoms with Gasteiger partial charge in [-0.2, -0.15) is 4.98 Å². The summed E-state index contributed by atoms with van der Waals surface area (Å²) in [5.74, 6) is -4.85. The number of amides is 1. The lowest BCUT2D eigenvalue weighted by Gasteiger charge is -2.29. The minimum atomic E-state index is -2.73. The van der Waals surface area contributed by atoms with Crippen LogP contribution in [0.25, 0.3) is 11.2 Å². The summed E-state index contributed by atoms with van der Waals surface area (Å²) < 4.78 is 58.1. The Labute approximate surface area is 208 Å². The van der Waals surface area contributed by atoms with E-state index in [-0.39, 0.29) is 54.0 Å². The van der Waals surface area contributed by atoms with Crippen LogP contribution in [0, 0.1) is 17.6 Å². The minimum Gasteiger partial charge on any atom is -0.369 e. The summed E-state index contributed by atoms with van der Waals surface area (Å²) in [6.45, 7) is 0. The van der Waals surface area contributed by atoms with E-state index in [0.29, 0.717) is 36.8 Å². The first-order valence-corrected chi connectivity index (χ1v) is 12.1. The van der Waals surface area contributed by atoms with E-state index in [2.05, 4.69) is 25.6 Å². The number of benzene rings is 1. The fourth-order valence-electron chi connectivity index (χ4n) is 5.04. The maximum atomic E-state index is 14.5. The summed E-state index contributed by atoms with van der Waals surface area (Å²) in [6.07, 6.45) is 3.39. The van der Waals surface area contributed by atoms with Gasteiger partial charge in [0.25, 0.3) is 0 Å². The number of halogens is 5. The maximum Gasteiger partial charge on any atom is 0.250 e. The van der Waals surface area contributed by atoms with Crippen molar-refractivity contribution in [3.8, 4) is 0 Å². The second-order valence-corrected chi connectivity index (χ2v) is 9.86. The molecule has 0 spiro atoms. The van der Waals surface area contributed by atoms with Gasteiger partial charge in [-0.1, -0.05) is 11.6 Å². The normalized spacial score (nSPS) is 23.6. The van der Waals surface area contributed by atoms with Crippen molar-refractivity contribution in [2.24, 2.45) is 11.7 Å². The van der Waals surface area contributed by atoms with Gasteiger partial charge in [-0.05, 0) is 44.2 Å². The Kier molecular flexibility index (Phi) is 6.39. The lowest BCUT2D eigenvalue weighted by molar-refractivity contribution is -0.122. The van der Waals surface area contributed by atoms with Crippen LogP contribution in [0.3, 0.4) is 0 Å². The number of nitrogens with one attached hydrogen (secondary N) is 2. The standard InChI is InChI=1S/C23H24ClF4N7O/c24-12-7-15(25)18(16(26)8-12)33-22-32-17-10-30-21(31-13-5-6-23(27,28)9-13)34-20(17)35(22)14-3-1-11(2-4-14)19(29)36/h7-8,10-11,13-14H,1-6,9H2,(H2,29,36)(H,32,33)(H,30,31,34)/t11?,13-,14?/m1/s1. The quantitative estimate of drug-likeness (QED) is 0.376. The van der Waals surface area contributed by atoms with E-state index in [4.69, 9.17) is 17.3 Å². The number of nitrogens with zero attached hydrogens (tertiary/aromatic N) is 4. The largest absolute Gasteiger partial charge is 0.369 e. The number of anilines is 3. The highest BCUT2D eigenvalue weighted by atomic mass is 35.5. The van der Waals surface area contributed by atoms with Gasteiger partial charge in [-0.3, -0.25) is 9.36 Å².